The van der Waals surface area contributed by atoms with Crippen LogP contribution in [0.5, 0.6) is 0 Å². The monoisotopic (exact) mass is 399 g/mol. The Kier molecular flexibility index (Phi) is 5.28. The maximum Gasteiger partial charge on any atom is 0.241 e. The predicted octanol–water partition coefficient (Wildman–Crippen LogP) is 4.46. The average Bonchev–Trinajstić information content (AvgIpc) is 2.44. The van der Waals surface area contributed by atoms with Crippen LogP contribution in [-0.2, 0) is 15.4 Å². The lowest BCUT2D eigenvalue weighted by Crippen LogP contribution is -2.40. The molecule has 0 unspecified atom stereocenters. The van der Waals surface area contributed by atoms with E-state index in [-0.39, 0.29) is 10.7 Å². The first-order chi connectivity index (χ1) is 10.6. The zero-order chi connectivity index (χ0) is 17.3. The molecule has 0 saturated carbocycles. The lowest BCUT2D eigenvalue weighted by molar-refractivity contribution is 0.491. The maximum absolute atomic E-state index is 14.0. The molecular weight excluding hydrogens is 381 g/mol. The molecule has 2 rings (SSSR count). The van der Waals surface area contributed by atoms with Gasteiger partial charge in [0.05, 0.1) is 4.90 Å². The highest BCUT2D eigenvalue weighted by Gasteiger charge is 2.24. The molecule has 1 N–H and O–H groups in total. The molecule has 0 aliphatic heterocycles. The van der Waals surface area contributed by atoms with Crippen LogP contribution in [0.15, 0.2) is 47.4 Å². The third-order valence-electron chi connectivity index (χ3n) is 3.13. The number of rotatable bonds is 4. The van der Waals surface area contributed by atoms with E-state index in [9.17, 15) is 12.8 Å². The molecule has 6 heteroatoms. The molecule has 0 atom stereocenters. The Bertz CT molecular complexity index is 814. The summed E-state index contributed by atoms with van der Waals surface area (Å²) in [5.74, 6) is -0.365. The first-order valence-corrected chi connectivity index (χ1v) is 9.72. The van der Waals surface area contributed by atoms with Gasteiger partial charge in [0.25, 0.3) is 0 Å². The van der Waals surface area contributed by atoms with Gasteiger partial charge in [-0.15, -0.1) is 0 Å². The van der Waals surface area contributed by atoms with Crippen LogP contribution in [0, 0.1) is 5.82 Å². The Hall–Kier alpha value is -1.24. The van der Waals surface area contributed by atoms with E-state index in [2.05, 4.69) is 20.7 Å². The number of alkyl halides is 1. The summed E-state index contributed by atoms with van der Waals surface area (Å²) in [5.41, 5.74) is 0.935. The predicted molar refractivity (Wildman–Crippen MR) is 94.5 cm³/mol. The van der Waals surface area contributed by atoms with Crippen molar-refractivity contribution in [2.24, 2.45) is 0 Å². The van der Waals surface area contributed by atoms with Crippen LogP contribution in [0.4, 0.5) is 4.39 Å². The van der Waals surface area contributed by atoms with Gasteiger partial charge in [-0.3, -0.25) is 0 Å². The van der Waals surface area contributed by atoms with Gasteiger partial charge in [0.2, 0.25) is 10.0 Å². The van der Waals surface area contributed by atoms with Crippen LogP contribution in [0.3, 0.4) is 0 Å². The zero-order valence-electron chi connectivity index (χ0n) is 13.2. The fraction of sp³-hybridized carbons (Fsp3) is 0.294. The van der Waals surface area contributed by atoms with Crippen molar-refractivity contribution in [1.82, 2.24) is 4.72 Å². The summed E-state index contributed by atoms with van der Waals surface area (Å²) in [5, 5.41) is 0.407. The highest BCUT2D eigenvalue weighted by atomic mass is 79.9. The Morgan fingerprint density at radius 1 is 1.13 bits per heavy atom. The lowest BCUT2D eigenvalue weighted by Gasteiger charge is -2.21. The SMILES string of the molecule is CC(C)(C)NS(=O)(=O)c1ccccc1-c1ccc(CBr)c(F)c1. The average molecular weight is 400 g/mol. The summed E-state index contributed by atoms with van der Waals surface area (Å²) in [7, 11) is -3.71. The van der Waals surface area contributed by atoms with Gasteiger partial charge >= 0.3 is 0 Å². The van der Waals surface area contributed by atoms with Crippen LogP contribution >= 0.6 is 15.9 Å². The lowest BCUT2D eigenvalue weighted by atomic mass is 10.0. The highest BCUT2D eigenvalue weighted by molar-refractivity contribution is 9.08. The van der Waals surface area contributed by atoms with E-state index in [1.807, 2.05) is 0 Å². The van der Waals surface area contributed by atoms with E-state index >= 15 is 0 Å². The number of sulfonamides is 1. The second-order valence-corrected chi connectivity index (χ2v) is 8.50. The molecular formula is C17H19BrFNO2S. The summed E-state index contributed by atoms with van der Waals surface area (Å²) in [6.45, 7) is 5.33. The van der Waals surface area contributed by atoms with Gasteiger partial charge in [0.15, 0.2) is 0 Å². The minimum absolute atomic E-state index is 0.140. The van der Waals surface area contributed by atoms with Crippen molar-refractivity contribution in [3.05, 3.63) is 53.8 Å². The van der Waals surface area contributed by atoms with E-state index in [0.29, 0.717) is 22.0 Å². The number of benzene rings is 2. The van der Waals surface area contributed by atoms with Crippen molar-refractivity contribution >= 4 is 26.0 Å². The molecule has 2 aromatic carbocycles. The summed E-state index contributed by atoms with van der Waals surface area (Å²) >= 11 is 3.22. The molecule has 0 radical (unpaired) electrons. The third kappa shape index (κ3) is 4.40. The molecule has 2 aromatic rings. The normalized spacial score (nSPS) is 12.4. The Morgan fingerprint density at radius 2 is 1.78 bits per heavy atom. The number of hydrogen-bond acceptors (Lipinski definition) is 2. The molecule has 0 amide bonds. The Morgan fingerprint density at radius 3 is 2.35 bits per heavy atom. The first-order valence-electron chi connectivity index (χ1n) is 7.12. The zero-order valence-corrected chi connectivity index (χ0v) is 15.6. The second kappa shape index (κ2) is 6.71. The molecule has 0 aliphatic carbocycles. The fourth-order valence-corrected chi connectivity index (χ4v) is 4.32. The first kappa shape index (κ1) is 18.1. The van der Waals surface area contributed by atoms with Gasteiger partial charge in [-0.1, -0.05) is 46.3 Å². The number of halogens is 2. The maximum atomic E-state index is 14.0. The molecule has 0 spiro atoms. The van der Waals surface area contributed by atoms with Gasteiger partial charge in [-0.2, -0.15) is 0 Å². The molecule has 0 bridgehead atoms. The Labute approximate surface area is 145 Å². The van der Waals surface area contributed by atoms with Crippen LogP contribution < -0.4 is 4.72 Å². The second-order valence-electron chi connectivity index (χ2n) is 6.29. The summed E-state index contributed by atoms with van der Waals surface area (Å²) < 4.78 is 41.9. The topological polar surface area (TPSA) is 46.2 Å². The molecule has 23 heavy (non-hydrogen) atoms. The van der Waals surface area contributed by atoms with Crippen LogP contribution in [0.2, 0.25) is 0 Å². The molecule has 0 aromatic heterocycles. The minimum atomic E-state index is -3.71. The van der Waals surface area contributed by atoms with Crippen molar-refractivity contribution in [3.63, 3.8) is 0 Å². The highest BCUT2D eigenvalue weighted by Crippen LogP contribution is 2.29. The molecule has 0 fully saturated rings. The van der Waals surface area contributed by atoms with E-state index in [1.165, 1.54) is 12.1 Å². The fourth-order valence-electron chi connectivity index (χ4n) is 2.22. The van der Waals surface area contributed by atoms with E-state index < -0.39 is 15.6 Å². The molecule has 0 heterocycles. The van der Waals surface area contributed by atoms with E-state index in [4.69, 9.17) is 0 Å². The van der Waals surface area contributed by atoms with Gasteiger partial charge in [-0.05, 0) is 44.0 Å². The van der Waals surface area contributed by atoms with Crippen LogP contribution in [0.25, 0.3) is 11.1 Å². The minimum Gasteiger partial charge on any atom is -0.207 e. The summed E-state index contributed by atoms with van der Waals surface area (Å²) in [4.78, 5) is 0.140. The number of hydrogen-bond donors (Lipinski definition) is 1. The Balaban J connectivity index is 2.56. The molecule has 124 valence electrons. The van der Waals surface area contributed by atoms with Crippen LogP contribution in [0.1, 0.15) is 26.3 Å². The standard InChI is InChI=1S/C17H19BrFNO2S/c1-17(2,3)20-23(21,22)16-7-5-4-6-14(16)12-8-9-13(11-18)15(19)10-12/h4-10,20H,11H2,1-3H3. The third-order valence-corrected chi connectivity index (χ3v) is 5.55. The van der Waals surface area contributed by atoms with Gasteiger partial charge < -0.3 is 0 Å². The van der Waals surface area contributed by atoms with Crippen molar-refractivity contribution in [3.8, 4) is 11.1 Å². The summed E-state index contributed by atoms with van der Waals surface area (Å²) in [6.07, 6.45) is 0. The quantitative estimate of drug-likeness (QED) is 0.771. The van der Waals surface area contributed by atoms with E-state index in [1.54, 1.807) is 51.1 Å². The van der Waals surface area contributed by atoms with Gasteiger partial charge in [0, 0.05) is 16.4 Å². The van der Waals surface area contributed by atoms with Crippen LogP contribution in [-0.4, -0.2) is 14.0 Å². The molecule has 0 aliphatic rings. The van der Waals surface area contributed by atoms with Crippen molar-refractivity contribution < 1.29 is 12.8 Å². The van der Waals surface area contributed by atoms with Crippen molar-refractivity contribution in [2.75, 3.05) is 0 Å². The summed E-state index contributed by atoms with van der Waals surface area (Å²) in [6, 6.07) is 11.3. The van der Waals surface area contributed by atoms with Gasteiger partial charge in [0.1, 0.15) is 5.82 Å². The van der Waals surface area contributed by atoms with Crippen molar-refractivity contribution in [1.29, 1.82) is 0 Å². The largest absolute Gasteiger partial charge is 0.241 e. The number of nitrogens with one attached hydrogen (secondary N) is 1. The van der Waals surface area contributed by atoms with E-state index in [0.717, 1.165) is 0 Å². The smallest absolute Gasteiger partial charge is 0.207 e. The molecule has 0 saturated heterocycles. The van der Waals surface area contributed by atoms with Crippen molar-refractivity contribution in [2.45, 2.75) is 36.5 Å². The molecule has 3 nitrogen and oxygen atoms in total. The van der Waals surface area contributed by atoms with Gasteiger partial charge in [-0.25, -0.2) is 17.5 Å².